The Labute approximate surface area is 146 Å². The van der Waals surface area contributed by atoms with E-state index in [1.165, 1.54) is 6.07 Å². The van der Waals surface area contributed by atoms with Crippen LogP contribution in [0.5, 0.6) is 0 Å². The van der Waals surface area contributed by atoms with Crippen molar-refractivity contribution in [2.24, 2.45) is 4.99 Å². The molecule has 0 N–H and O–H groups in total. The number of aryl methyl sites for hydroxylation is 1. The van der Waals surface area contributed by atoms with Crippen molar-refractivity contribution in [3.63, 3.8) is 0 Å². The minimum atomic E-state index is -0.219. The smallest absolute Gasteiger partial charge is 0.123 e. The van der Waals surface area contributed by atoms with Crippen molar-refractivity contribution < 1.29 is 9.13 Å². The summed E-state index contributed by atoms with van der Waals surface area (Å²) < 4.78 is 18.7. The zero-order valence-electron chi connectivity index (χ0n) is 13.6. The zero-order valence-corrected chi connectivity index (χ0v) is 14.4. The topological polar surface area (TPSA) is 24.8 Å². The highest BCUT2D eigenvalue weighted by Gasteiger charge is 2.09. The van der Waals surface area contributed by atoms with E-state index in [-0.39, 0.29) is 5.82 Å². The van der Waals surface area contributed by atoms with Crippen molar-refractivity contribution in [1.82, 2.24) is 4.90 Å². The molecule has 0 bridgehead atoms. The SMILES string of the molecule is Cc1cc(/N=C/N2CCOCC2)c(Cl)cc1Cc1cccc(F)c1. The lowest BCUT2D eigenvalue weighted by Crippen LogP contribution is -2.34. The quantitative estimate of drug-likeness (QED) is 0.606. The molecular weight excluding hydrogens is 327 g/mol. The Balaban J connectivity index is 1.76. The van der Waals surface area contributed by atoms with Gasteiger partial charge in [-0.3, -0.25) is 0 Å². The average Bonchev–Trinajstić information content (AvgIpc) is 2.57. The van der Waals surface area contributed by atoms with Crippen molar-refractivity contribution in [1.29, 1.82) is 0 Å². The molecule has 0 saturated carbocycles. The molecule has 2 aromatic carbocycles. The molecule has 0 atom stereocenters. The van der Waals surface area contributed by atoms with Crippen molar-refractivity contribution >= 4 is 23.6 Å². The van der Waals surface area contributed by atoms with E-state index in [0.29, 0.717) is 11.4 Å². The predicted octanol–water partition coefficient (Wildman–Crippen LogP) is 4.37. The van der Waals surface area contributed by atoms with Crippen LogP contribution in [0.3, 0.4) is 0 Å². The molecule has 1 saturated heterocycles. The third-order valence-corrected chi connectivity index (χ3v) is 4.40. The molecule has 0 amide bonds. The van der Waals surface area contributed by atoms with Crippen molar-refractivity contribution in [3.8, 4) is 0 Å². The van der Waals surface area contributed by atoms with Crippen molar-refractivity contribution in [2.75, 3.05) is 26.3 Å². The first-order valence-electron chi connectivity index (χ1n) is 8.01. The van der Waals surface area contributed by atoms with E-state index in [4.69, 9.17) is 16.3 Å². The third-order valence-electron chi connectivity index (χ3n) is 4.09. The first kappa shape index (κ1) is 16.9. The summed E-state index contributed by atoms with van der Waals surface area (Å²) >= 11 is 6.39. The number of halogens is 2. The number of rotatable bonds is 4. The molecule has 0 aliphatic carbocycles. The van der Waals surface area contributed by atoms with Gasteiger partial charge in [0.05, 0.1) is 30.3 Å². The van der Waals surface area contributed by atoms with Crippen LogP contribution in [0.4, 0.5) is 10.1 Å². The molecule has 1 aliphatic rings. The molecule has 5 heteroatoms. The summed E-state index contributed by atoms with van der Waals surface area (Å²) in [6.45, 7) is 5.17. The van der Waals surface area contributed by atoms with E-state index >= 15 is 0 Å². The lowest BCUT2D eigenvalue weighted by Gasteiger charge is -2.24. The first-order valence-corrected chi connectivity index (χ1v) is 8.39. The van der Waals surface area contributed by atoms with Gasteiger partial charge in [0, 0.05) is 13.1 Å². The molecule has 126 valence electrons. The minimum Gasteiger partial charge on any atom is -0.378 e. The zero-order chi connectivity index (χ0) is 16.9. The lowest BCUT2D eigenvalue weighted by molar-refractivity contribution is 0.0701. The summed E-state index contributed by atoms with van der Waals surface area (Å²) in [4.78, 5) is 6.63. The molecule has 0 spiro atoms. The Hall–Kier alpha value is -1.91. The second-order valence-corrected chi connectivity index (χ2v) is 6.34. The summed E-state index contributed by atoms with van der Waals surface area (Å²) in [5.74, 6) is -0.219. The van der Waals surface area contributed by atoms with Crippen LogP contribution in [0, 0.1) is 12.7 Å². The summed E-state index contributed by atoms with van der Waals surface area (Å²) in [5.41, 5.74) is 3.86. The third kappa shape index (κ3) is 4.34. The molecule has 2 aromatic rings. The second kappa shape index (κ2) is 7.77. The van der Waals surface area contributed by atoms with Gasteiger partial charge >= 0.3 is 0 Å². The van der Waals surface area contributed by atoms with Crippen LogP contribution >= 0.6 is 11.6 Å². The van der Waals surface area contributed by atoms with Gasteiger partial charge in [-0.25, -0.2) is 9.38 Å². The lowest BCUT2D eigenvalue weighted by atomic mass is 10.00. The number of ether oxygens (including phenoxy) is 1. The number of morpholine rings is 1. The maximum atomic E-state index is 13.3. The number of nitrogens with zero attached hydrogens (tertiary/aromatic N) is 2. The van der Waals surface area contributed by atoms with Gasteiger partial charge in [-0.05, 0) is 54.3 Å². The van der Waals surface area contributed by atoms with Gasteiger partial charge in [-0.1, -0.05) is 23.7 Å². The van der Waals surface area contributed by atoms with Gasteiger partial charge in [0.25, 0.3) is 0 Å². The van der Waals surface area contributed by atoms with Crippen LogP contribution in [0.1, 0.15) is 16.7 Å². The van der Waals surface area contributed by atoms with E-state index in [1.54, 1.807) is 12.1 Å². The molecule has 0 radical (unpaired) electrons. The fraction of sp³-hybridized carbons (Fsp3) is 0.316. The Bertz CT molecular complexity index is 742. The molecule has 0 unspecified atom stereocenters. The number of benzene rings is 2. The van der Waals surface area contributed by atoms with Crippen LogP contribution in [-0.4, -0.2) is 37.5 Å². The van der Waals surface area contributed by atoms with Crippen LogP contribution in [0.15, 0.2) is 41.4 Å². The summed E-state index contributed by atoms with van der Waals surface area (Å²) in [7, 11) is 0. The summed E-state index contributed by atoms with van der Waals surface area (Å²) in [6.07, 6.45) is 2.48. The number of hydrogen-bond acceptors (Lipinski definition) is 2. The molecule has 24 heavy (non-hydrogen) atoms. The molecular formula is C19H20ClFN2O. The summed E-state index contributed by atoms with van der Waals surface area (Å²) in [6, 6.07) is 10.6. The van der Waals surface area contributed by atoms with Gasteiger partial charge in [-0.2, -0.15) is 0 Å². The predicted molar refractivity (Wildman–Crippen MR) is 95.9 cm³/mol. The molecule has 3 rings (SSSR count). The molecule has 3 nitrogen and oxygen atoms in total. The number of aliphatic imine (C=N–C) groups is 1. The Morgan fingerprint density at radius 1 is 1.25 bits per heavy atom. The Kier molecular flexibility index (Phi) is 5.48. The second-order valence-electron chi connectivity index (χ2n) is 5.93. The van der Waals surface area contributed by atoms with Gasteiger partial charge in [-0.15, -0.1) is 0 Å². The maximum Gasteiger partial charge on any atom is 0.123 e. The highest BCUT2D eigenvalue weighted by molar-refractivity contribution is 6.33. The molecule has 1 heterocycles. The fourth-order valence-electron chi connectivity index (χ4n) is 2.70. The van der Waals surface area contributed by atoms with Crippen LogP contribution in [-0.2, 0) is 11.2 Å². The molecule has 1 aliphatic heterocycles. The monoisotopic (exact) mass is 346 g/mol. The van der Waals surface area contributed by atoms with Crippen molar-refractivity contribution in [3.05, 3.63) is 63.9 Å². The van der Waals surface area contributed by atoms with E-state index in [9.17, 15) is 4.39 Å². The van der Waals surface area contributed by atoms with Gasteiger partial charge in [0.1, 0.15) is 5.82 Å². The fourth-order valence-corrected chi connectivity index (χ4v) is 2.94. The van der Waals surface area contributed by atoms with E-state index in [2.05, 4.69) is 9.89 Å². The Morgan fingerprint density at radius 3 is 2.79 bits per heavy atom. The highest BCUT2D eigenvalue weighted by Crippen LogP contribution is 2.29. The van der Waals surface area contributed by atoms with E-state index < -0.39 is 0 Å². The summed E-state index contributed by atoms with van der Waals surface area (Å²) in [5, 5.41) is 0.608. The van der Waals surface area contributed by atoms with Gasteiger partial charge in [0.15, 0.2) is 0 Å². The standard InChI is InChI=1S/C19H20ClFN2O/c1-14-9-19(22-13-23-5-7-24-8-6-23)18(20)12-16(14)10-15-3-2-4-17(21)11-15/h2-4,9,11-13H,5-8,10H2,1H3/b22-13+. The number of hydrogen-bond donors (Lipinski definition) is 0. The highest BCUT2D eigenvalue weighted by atomic mass is 35.5. The molecule has 0 aromatic heterocycles. The maximum absolute atomic E-state index is 13.3. The Morgan fingerprint density at radius 2 is 2.04 bits per heavy atom. The van der Waals surface area contributed by atoms with Gasteiger partial charge in [0.2, 0.25) is 0 Å². The van der Waals surface area contributed by atoms with E-state index in [0.717, 1.165) is 48.7 Å². The largest absolute Gasteiger partial charge is 0.378 e. The first-order chi connectivity index (χ1) is 11.6. The van der Waals surface area contributed by atoms with Gasteiger partial charge < -0.3 is 9.64 Å². The van der Waals surface area contributed by atoms with Crippen molar-refractivity contribution in [2.45, 2.75) is 13.3 Å². The van der Waals surface area contributed by atoms with Crippen LogP contribution < -0.4 is 0 Å². The average molecular weight is 347 g/mol. The minimum absolute atomic E-state index is 0.219. The van der Waals surface area contributed by atoms with E-state index in [1.807, 2.05) is 31.5 Å². The normalized spacial score (nSPS) is 15.2. The molecule has 1 fully saturated rings. The van der Waals surface area contributed by atoms with Crippen LogP contribution in [0.25, 0.3) is 0 Å². The van der Waals surface area contributed by atoms with Crippen LogP contribution in [0.2, 0.25) is 5.02 Å².